The third-order valence-corrected chi connectivity index (χ3v) is 4.96. The van der Waals surface area contributed by atoms with Crippen LogP contribution in [0.15, 0.2) is 55.9 Å². The van der Waals surface area contributed by atoms with Gasteiger partial charge in [0.2, 0.25) is 10.8 Å². The highest BCUT2D eigenvalue weighted by Gasteiger charge is 2.29. The largest absolute Gasteiger partial charge is 0.492 e. The van der Waals surface area contributed by atoms with E-state index >= 15 is 0 Å². The van der Waals surface area contributed by atoms with Crippen LogP contribution in [0, 0.1) is 10.1 Å². The quantitative estimate of drug-likeness (QED) is 0.371. The van der Waals surface area contributed by atoms with Gasteiger partial charge in [0.1, 0.15) is 6.33 Å². The maximum absolute atomic E-state index is 11.2. The molecule has 9 heteroatoms. The van der Waals surface area contributed by atoms with Gasteiger partial charge in [-0.05, 0) is 5.56 Å². The third-order valence-electron chi connectivity index (χ3n) is 3.88. The van der Waals surface area contributed by atoms with Crippen LogP contribution in [0.4, 0.5) is 5.69 Å². The Balaban J connectivity index is 2.18. The van der Waals surface area contributed by atoms with E-state index < -0.39 is 11.0 Å². The Morgan fingerprint density at radius 3 is 2.73 bits per heavy atom. The smallest absolute Gasteiger partial charge is 0.269 e. The first-order valence-corrected chi connectivity index (χ1v) is 8.60. The highest BCUT2D eigenvalue weighted by Crippen LogP contribution is 2.40. The summed E-state index contributed by atoms with van der Waals surface area (Å²) in [6.45, 7) is 8.57. The fourth-order valence-electron chi connectivity index (χ4n) is 2.83. The van der Waals surface area contributed by atoms with Gasteiger partial charge in [-0.3, -0.25) is 15.0 Å². The summed E-state index contributed by atoms with van der Waals surface area (Å²) in [6, 6.07) is 5.95. The van der Waals surface area contributed by atoms with E-state index in [9.17, 15) is 15.2 Å². The molecule has 0 fully saturated rings. The number of aromatic nitrogens is 3. The average molecular weight is 371 g/mol. The molecule has 1 unspecified atom stereocenters. The topological polar surface area (TPSA) is 96.8 Å². The maximum atomic E-state index is 11.2. The lowest BCUT2D eigenvalue weighted by atomic mass is 10.0. The second kappa shape index (κ2) is 7.46. The number of nitrogens with zero attached hydrogens (tertiary/aromatic N) is 5. The Kier molecular flexibility index (Phi) is 5.10. The Morgan fingerprint density at radius 2 is 2.12 bits per heavy atom. The molecule has 0 radical (unpaired) electrons. The van der Waals surface area contributed by atoms with Crippen molar-refractivity contribution in [3.8, 4) is 5.88 Å². The van der Waals surface area contributed by atoms with Crippen LogP contribution in [-0.2, 0) is 0 Å². The highest BCUT2D eigenvalue weighted by atomic mass is 32.1. The lowest BCUT2D eigenvalue weighted by Gasteiger charge is -2.29. The molecule has 3 rings (SSSR count). The Hall–Kier alpha value is -3.04. The molecule has 26 heavy (non-hydrogen) atoms. The molecule has 134 valence electrons. The molecule has 0 saturated carbocycles. The molecule has 3 aromatic rings. The van der Waals surface area contributed by atoms with Crippen molar-refractivity contribution in [2.45, 2.75) is 6.04 Å². The van der Waals surface area contributed by atoms with Gasteiger partial charge < -0.3 is 5.11 Å². The van der Waals surface area contributed by atoms with E-state index in [1.807, 2.05) is 4.90 Å². The zero-order valence-electron chi connectivity index (χ0n) is 13.9. The first-order chi connectivity index (χ1) is 12.6. The van der Waals surface area contributed by atoms with Gasteiger partial charge in [-0.15, -0.1) is 13.2 Å². The first-order valence-electron chi connectivity index (χ1n) is 7.78. The van der Waals surface area contributed by atoms with Crippen molar-refractivity contribution in [2.75, 3.05) is 13.1 Å². The van der Waals surface area contributed by atoms with E-state index in [1.165, 1.54) is 34.3 Å². The van der Waals surface area contributed by atoms with Gasteiger partial charge >= 0.3 is 0 Å². The fourth-order valence-corrected chi connectivity index (χ4v) is 3.92. The van der Waals surface area contributed by atoms with Crippen molar-refractivity contribution in [3.05, 3.63) is 76.5 Å². The van der Waals surface area contributed by atoms with Crippen LogP contribution in [0.5, 0.6) is 5.88 Å². The normalized spacial score (nSPS) is 12.3. The number of rotatable bonds is 8. The lowest BCUT2D eigenvalue weighted by Crippen LogP contribution is -2.29. The molecule has 1 atom stereocenters. The summed E-state index contributed by atoms with van der Waals surface area (Å²) in [6.07, 6.45) is 4.84. The van der Waals surface area contributed by atoms with Crippen LogP contribution in [0.3, 0.4) is 0 Å². The molecule has 0 spiro atoms. The van der Waals surface area contributed by atoms with Crippen LogP contribution in [-0.4, -0.2) is 42.6 Å². The zero-order valence-corrected chi connectivity index (χ0v) is 14.7. The average Bonchev–Trinajstić information content (AvgIpc) is 3.20. The SMILES string of the molecule is C=CCN(CC=C)C(c1cccc([N+](=O)[O-])c1)c1sc2ncnn2c1O. The minimum atomic E-state index is -0.436. The van der Waals surface area contributed by atoms with Gasteiger partial charge in [0.25, 0.3) is 5.69 Å². The minimum Gasteiger partial charge on any atom is -0.492 e. The zero-order chi connectivity index (χ0) is 18.7. The molecule has 0 amide bonds. The van der Waals surface area contributed by atoms with Crippen LogP contribution < -0.4 is 0 Å². The molecule has 2 heterocycles. The van der Waals surface area contributed by atoms with E-state index in [1.54, 1.807) is 24.3 Å². The molecule has 1 aromatic carbocycles. The monoisotopic (exact) mass is 371 g/mol. The number of hydrogen-bond acceptors (Lipinski definition) is 7. The predicted molar refractivity (Wildman–Crippen MR) is 99.4 cm³/mol. The summed E-state index contributed by atoms with van der Waals surface area (Å²) >= 11 is 1.29. The number of benzene rings is 1. The summed E-state index contributed by atoms with van der Waals surface area (Å²) in [7, 11) is 0. The van der Waals surface area contributed by atoms with Crippen molar-refractivity contribution in [2.24, 2.45) is 0 Å². The van der Waals surface area contributed by atoms with Crippen LogP contribution in [0.2, 0.25) is 0 Å². The summed E-state index contributed by atoms with van der Waals surface area (Å²) in [5.41, 5.74) is 0.673. The van der Waals surface area contributed by atoms with Gasteiger partial charge in [-0.25, -0.2) is 4.98 Å². The number of fused-ring (bicyclic) bond motifs is 1. The minimum absolute atomic E-state index is 0.0106. The van der Waals surface area contributed by atoms with Crippen molar-refractivity contribution in [3.63, 3.8) is 0 Å². The molecule has 0 saturated heterocycles. The summed E-state index contributed by atoms with van der Waals surface area (Å²) in [4.78, 5) is 18.0. The Morgan fingerprint density at radius 1 is 1.38 bits per heavy atom. The molecule has 0 aliphatic rings. The fraction of sp³-hybridized carbons (Fsp3) is 0.176. The standard InChI is InChI=1S/C17H17N5O3S/c1-3-8-20(9-4-2)14(12-6-5-7-13(10-12)22(24)25)15-16(23)21-17(26-15)18-11-19-21/h3-7,10-11,14,23H,1-2,8-9H2. The van der Waals surface area contributed by atoms with Crippen molar-refractivity contribution in [1.29, 1.82) is 0 Å². The van der Waals surface area contributed by atoms with E-state index in [-0.39, 0.29) is 11.6 Å². The van der Waals surface area contributed by atoms with E-state index in [2.05, 4.69) is 23.2 Å². The van der Waals surface area contributed by atoms with E-state index in [4.69, 9.17) is 0 Å². The highest BCUT2D eigenvalue weighted by molar-refractivity contribution is 7.17. The predicted octanol–water partition coefficient (Wildman–Crippen LogP) is 3.17. The summed E-state index contributed by atoms with van der Waals surface area (Å²) in [5.74, 6) is -0.0304. The Bertz CT molecular complexity index is 954. The molecule has 0 bridgehead atoms. The number of nitro groups is 1. The van der Waals surface area contributed by atoms with Crippen LogP contribution in [0.1, 0.15) is 16.5 Å². The van der Waals surface area contributed by atoms with E-state index in [0.717, 1.165) is 0 Å². The number of thiazole rings is 1. The first kappa shape index (κ1) is 17.8. The molecule has 8 nitrogen and oxygen atoms in total. The molecular formula is C17H17N5O3S. The molecule has 2 aromatic heterocycles. The van der Waals surface area contributed by atoms with Gasteiger partial charge in [0.05, 0.1) is 15.8 Å². The second-order valence-corrected chi connectivity index (χ2v) is 6.54. The lowest BCUT2D eigenvalue weighted by molar-refractivity contribution is -0.384. The van der Waals surface area contributed by atoms with Gasteiger partial charge in [-0.1, -0.05) is 35.6 Å². The van der Waals surface area contributed by atoms with Crippen LogP contribution in [0.25, 0.3) is 4.96 Å². The summed E-state index contributed by atoms with van der Waals surface area (Å²) < 4.78 is 1.35. The maximum Gasteiger partial charge on any atom is 0.269 e. The number of hydrogen-bond donors (Lipinski definition) is 1. The second-order valence-electron chi connectivity index (χ2n) is 5.53. The number of non-ortho nitro benzene ring substituents is 1. The molecular weight excluding hydrogens is 354 g/mol. The van der Waals surface area contributed by atoms with Gasteiger partial charge in [0.15, 0.2) is 0 Å². The molecule has 0 aliphatic heterocycles. The third kappa shape index (κ3) is 3.22. The summed E-state index contributed by atoms with van der Waals surface area (Å²) in [5, 5.41) is 25.8. The van der Waals surface area contributed by atoms with Gasteiger partial charge in [0, 0.05) is 25.2 Å². The van der Waals surface area contributed by atoms with E-state index in [0.29, 0.717) is 28.5 Å². The molecule has 0 aliphatic carbocycles. The number of nitro benzene ring substituents is 1. The van der Waals surface area contributed by atoms with Crippen molar-refractivity contribution in [1.82, 2.24) is 19.5 Å². The van der Waals surface area contributed by atoms with Gasteiger partial charge in [-0.2, -0.15) is 9.61 Å². The van der Waals surface area contributed by atoms with Crippen molar-refractivity contribution < 1.29 is 10.0 Å². The van der Waals surface area contributed by atoms with Crippen molar-refractivity contribution >= 4 is 22.0 Å². The Labute approximate surface area is 153 Å². The number of aromatic hydroxyl groups is 1. The van der Waals surface area contributed by atoms with Crippen LogP contribution >= 0.6 is 11.3 Å². The molecule has 1 N–H and O–H groups in total.